The summed E-state index contributed by atoms with van der Waals surface area (Å²) >= 11 is 0. The van der Waals surface area contributed by atoms with Gasteiger partial charge in [0, 0.05) is 0 Å². The number of hydrazone groups is 1. The highest BCUT2D eigenvalue weighted by molar-refractivity contribution is 5.99. The van der Waals surface area contributed by atoms with E-state index in [1.807, 2.05) is 12.1 Å². The molecule has 1 amide bonds. The highest BCUT2D eigenvalue weighted by Crippen LogP contribution is 2.11. The van der Waals surface area contributed by atoms with Gasteiger partial charge in [0.1, 0.15) is 5.75 Å². The van der Waals surface area contributed by atoms with E-state index in [0.717, 1.165) is 5.56 Å². The van der Waals surface area contributed by atoms with Crippen molar-refractivity contribution >= 4 is 11.6 Å². The van der Waals surface area contributed by atoms with Crippen molar-refractivity contribution in [2.45, 2.75) is 6.92 Å². The third-order valence-corrected chi connectivity index (χ3v) is 3.13. The molecule has 0 aromatic heterocycles. The fraction of sp³-hybridized carbons (Fsp3) is 0.111. The normalized spacial score (nSPS) is 10.4. The Morgan fingerprint density at radius 3 is 2.12 bits per heavy atom. The Bertz CT molecular complexity index is 825. The second-order valence-electron chi connectivity index (χ2n) is 4.85. The van der Waals surface area contributed by atoms with Crippen LogP contribution in [0, 0.1) is 22.7 Å². The van der Waals surface area contributed by atoms with E-state index in [2.05, 4.69) is 10.5 Å². The third kappa shape index (κ3) is 4.69. The first-order valence-electron chi connectivity index (χ1n) is 7.09. The number of nitrogens with one attached hydrogen (secondary N) is 1. The molecule has 2 aromatic rings. The summed E-state index contributed by atoms with van der Waals surface area (Å²) in [7, 11) is 0. The topological polar surface area (TPSA) is 98.3 Å². The van der Waals surface area contributed by atoms with Gasteiger partial charge in [-0.1, -0.05) is 12.1 Å². The van der Waals surface area contributed by atoms with Crippen LogP contribution in [-0.4, -0.2) is 18.2 Å². The average molecular weight is 318 g/mol. The first-order valence-corrected chi connectivity index (χ1v) is 7.09. The number of benzene rings is 2. The zero-order valence-corrected chi connectivity index (χ0v) is 13.0. The fourth-order valence-corrected chi connectivity index (χ4v) is 1.80. The molecule has 0 radical (unpaired) electrons. The number of hydrogen-bond donors (Lipinski definition) is 1. The molecule has 6 nitrogen and oxygen atoms in total. The molecule has 118 valence electrons. The van der Waals surface area contributed by atoms with E-state index in [1.54, 1.807) is 55.5 Å². The first kappa shape index (κ1) is 16.7. The van der Waals surface area contributed by atoms with Gasteiger partial charge in [-0.3, -0.25) is 4.79 Å². The van der Waals surface area contributed by atoms with E-state index in [1.165, 1.54) is 0 Å². The van der Waals surface area contributed by atoms with Crippen LogP contribution < -0.4 is 10.2 Å². The number of carbonyl (C=O) groups excluding carboxylic acids is 1. The van der Waals surface area contributed by atoms with Crippen LogP contribution in [0.25, 0.3) is 0 Å². The van der Waals surface area contributed by atoms with Gasteiger partial charge in [0.25, 0.3) is 5.91 Å². The zero-order chi connectivity index (χ0) is 17.4. The average Bonchev–Trinajstić information content (AvgIpc) is 2.64. The van der Waals surface area contributed by atoms with Crippen molar-refractivity contribution in [3.8, 4) is 17.9 Å². The first-order chi connectivity index (χ1) is 11.6. The lowest BCUT2D eigenvalue weighted by Crippen LogP contribution is -2.25. The predicted octanol–water partition coefficient (Wildman–Crippen LogP) is 2.35. The molecule has 0 atom stereocenters. The second-order valence-corrected chi connectivity index (χ2v) is 4.85. The maximum absolute atomic E-state index is 11.7. The van der Waals surface area contributed by atoms with Crippen LogP contribution in [-0.2, 0) is 4.79 Å². The number of nitrogens with zero attached hydrogens (tertiary/aromatic N) is 3. The number of amides is 1. The van der Waals surface area contributed by atoms with Crippen LogP contribution in [0.2, 0.25) is 0 Å². The summed E-state index contributed by atoms with van der Waals surface area (Å²) in [4.78, 5) is 11.7. The summed E-state index contributed by atoms with van der Waals surface area (Å²) in [6, 6.07) is 17.4. The molecule has 0 heterocycles. The Labute approximate surface area is 139 Å². The minimum Gasteiger partial charge on any atom is -0.484 e. The molecule has 2 aromatic carbocycles. The van der Waals surface area contributed by atoms with E-state index in [9.17, 15) is 4.79 Å². The van der Waals surface area contributed by atoms with Gasteiger partial charge in [-0.15, -0.1) is 0 Å². The van der Waals surface area contributed by atoms with E-state index in [0.29, 0.717) is 22.6 Å². The monoisotopic (exact) mass is 318 g/mol. The third-order valence-electron chi connectivity index (χ3n) is 3.13. The molecule has 0 bridgehead atoms. The Balaban J connectivity index is 1.87. The summed E-state index contributed by atoms with van der Waals surface area (Å²) in [5, 5.41) is 21.5. The molecule has 0 saturated carbocycles. The summed E-state index contributed by atoms with van der Waals surface area (Å²) < 4.78 is 5.31. The van der Waals surface area contributed by atoms with Crippen molar-refractivity contribution in [3.63, 3.8) is 0 Å². The number of carbonyl (C=O) groups is 1. The Hall–Kier alpha value is -3.64. The molecule has 2 rings (SSSR count). The maximum atomic E-state index is 11.7. The van der Waals surface area contributed by atoms with Crippen molar-refractivity contribution in [2.75, 3.05) is 6.61 Å². The predicted molar refractivity (Wildman–Crippen MR) is 88.2 cm³/mol. The lowest BCUT2D eigenvalue weighted by Gasteiger charge is -2.06. The molecule has 1 N–H and O–H groups in total. The summed E-state index contributed by atoms with van der Waals surface area (Å²) in [6.07, 6.45) is 0. The van der Waals surface area contributed by atoms with Gasteiger partial charge in [0.15, 0.2) is 6.61 Å². The van der Waals surface area contributed by atoms with Crippen LogP contribution in [0.1, 0.15) is 23.6 Å². The van der Waals surface area contributed by atoms with Crippen LogP contribution >= 0.6 is 0 Å². The van der Waals surface area contributed by atoms with E-state index in [4.69, 9.17) is 15.3 Å². The van der Waals surface area contributed by atoms with E-state index >= 15 is 0 Å². The number of ether oxygens (including phenoxy) is 1. The Morgan fingerprint density at radius 2 is 1.58 bits per heavy atom. The van der Waals surface area contributed by atoms with Crippen molar-refractivity contribution in [1.29, 1.82) is 10.5 Å². The van der Waals surface area contributed by atoms with Gasteiger partial charge in [0.05, 0.1) is 29.0 Å². The number of hydrogen-bond acceptors (Lipinski definition) is 5. The van der Waals surface area contributed by atoms with Crippen LogP contribution in [0.15, 0.2) is 53.6 Å². The molecule has 0 spiro atoms. The van der Waals surface area contributed by atoms with Gasteiger partial charge in [-0.05, 0) is 48.9 Å². The summed E-state index contributed by atoms with van der Waals surface area (Å²) in [5.41, 5.74) is 4.92. The lowest BCUT2D eigenvalue weighted by atomic mass is 10.1. The molecular formula is C18H14N4O2. The quantitative estimate of drug-likeness (QED) is 0.675. The van der Waals surface area contributed by atoms with Crippen LogP contribution in [0.3, 0.4) is 0 Å². The summed E-state index contributed by atoms with van der Waals surface area (Å²) in [5.74, 6) is 0.101. The van der Waals surface area contributed by atoms with Crippen molar-refractivity contribution in [2.24, 2.45) is 5.10 Å². The van der Waals surface area contributed by atoms with Crippen molar-refractivity contribution in [3.05, 3.63) is 65.2 Å². The molecule has 0 unspecified atom stereocenters. The van der Waals surface area contributed by atoms with Crippen LogP contribution in [0.4, 0.5) is 0 Å². The standard InChI is InChI=1S/C18H14N4O2/c1-13(16-6-2-14(10-19)3-7-16)21-22-18(23)12-24-17-8-4-15(11-20)5-9-17/h2-9H,12H2,1H3,(H,22,23)/b21-13-. The minimum absolute atomic E-state index is 0.184. The molecule has 6 heteroatoms. The van der Waals surface area contributed by atoms with Gasteiger partial charge < -0.3 is 4.74 Å². The van der Waals surface area contributed by atoms with Gasteiger partial charge in [-0.25, -0.2) is 5.43 Å². The fourth-order valence-electron chi connectivity index (χ4n) is 1.80. The summed E-state index contributed by atoms with van der Waals surface area (Å²) in [6.45, 7) is 1.57. The molecule has 0 aliphatic heterocycles. The lowest BCUT2D eigenvalue weighted by molar-refractivity contribution is -0.123. The van der Waals surface area contributed by atoms with E-state index in [-0.39, 0.29) is 6.61 Å². The smallest absolute Gasteiger partial charge is 0.277 e. The minimum atomic E-state index is -0.396. The zero-order valence-electron chi connectivity index (χ0n) is 13.0. The Morgan fingerprint density at radius 1 is 1.04 bits per heavy atom. The van der Waals surface area contributed by atoms with Gasteiger partial charge in [-0.2, -0.15) is 15.6 Å². The second kappa shape index (κ2) is 8.11. The molecular weight excluding hydrogens is 304 g/mol. The van der Waals surface area contributed by atoms with Crippen molar-refractivity contribution < 1.29 is 9.53 Å². The Kier molecular flexibility index (Phi) is 5.65. The van der Waals surface area contributed by atoms with Gasteiger partial charge in [0.2, 0.25) is 0 Å². The van der Waals surface area contributed by atoms with Crippen molar-refractivity contribution in [1.82, 2.24) is 5.43 Å². The van der Waals surface area contributed by atoms with Crippen LogP contribution in [0.5, 0.6) is 5.75 Å². The highest BCUT2D eigenvalue weighted by atomic mass is 16.5. The maximum Gasteiger partial charge on any atom is 0.277 e. The molecule has 0 aliphatic carbocycles. The van der Waals surface area contributed by atoms with E-state index < -0.39 is 5.91 Å². The molecule has 0 fully saturated rings. The number of rotatable bonds is 5. The molecule has 0 saturated heterocycles. The molecule has 24 heavy (non-hydrogen) atoms. The largest absolute Gasteiger partial charge is 0.484 e. The number of nitriles is 2. The molecule has 0 aliphatic rings. The SMILES string of the molecule is C/C(=N/NC(=O)COc1ccc(C#N)cc1)c1ccc(C#N)cc1. The van der Waals surface area contributed by atoms with Gasteiger partial charge >= 0.3 is 0 Å². The highest BCUT2D eigenvalue weighted by Gasteiger charge is 2.03.